The summed E-state index contributed by atoms with van der Waals surface area (Å²) in [6, 6.07) is -0.804. The maximum absolute atomic E-state index is 14.7. The molecular weight excluding hydrogens is 889 g/mol. The van der Waals surface area contributed by atoms with Crippen LogP contribution in [0.15, 0.2) is 0 Å². The number of rotatable bonds is 12. The van der Waals surface area contributed by atoms with Crippen molar-refractivity contribution in [3.8, 4) is 0 Å². The second kappa shape index (κ2) is 23.4. The molecule has 4 aliphatic heterocycles. The first kappa shape index (κ1) is 58.2. The molecule has 0 aromatic rings. The fraction of sp³-hybridized carbons (Fsp3) is 0.918. The Hall–Kier alpha value is -2.40. The first-order valence-corrected chi connectivity index (χ1v) is 24.6. The Morgan fingerprint density at radius 1 is 0.750 bits per heavy atom. The third kappa shape index (κ3) is 13.2. The predicted octanol–water partition coefficient (Wildman–Crippen LogP) is 3.11. The van der Waals surface area contributed by atoms with E-state index in [1.165, 1.54) is 20.8 Å². The van der Waals surface area contributed by atoms with Crippen LogP contribution in [0.2, 0.25) is 0 Å². The number of hydrogen-bond donors (Lipinski definition) is 4. The number of Topliss-reactive ketones (excluding diaryl/α,β-unsaturated/α-hetero) is 1. The molecule has 0 radical (unpaired) electrons. The van der Waals surface area contributed by atoms with Crippen molar-refractivity contribution in [2.45, 2.75) is 237 Å². The van der Waals surface area contributed by atoms with Crippen LogP contribution in [-0.2, 0) is 61.8 Å². The van der Waals surface area contributed by atoms with Gasteiger partial charge in [-0.3, -0.25) is 19.2 Å². The lowest BCUT2D eigenvalue weighted by Crippen LogP contribution is -2.63. The van der Waals surface area contributed by atoms with Crippen molar-refractivity contribution in [2.24, 2.45) is 23.7 Å². The summed E-state index contributed by atoms with van der Waals surface area (Å²) in [5.74, 6) is -6.58. The number of carbonyl (C=O) groups excluding carboxylic acids is 4. The van der Waals surface area contributed by atoms with Crippen LogP contribution in [0.4, 0.5) is 0 Å². The molecule has 0 aromatic carbocycles. The summed E-state index contributed by atoms with van der Waals surface area (Å²) in [4.78, 5) is 58.4. The van der Waals surface area contributed by atoms with Crippen molar-refractivity contribution in [3.63, 3.8) is 0 Å². The lowest BCUT2D eigenvalue weighted by Gasteiger charge is -2.51. The van der Waals surface area contributed by atoms with Crippen LogP contribution < -0.4 is 0 Å². The molecule has 4 aliphatic rings. The zero-order valence-corrected chi connectivity index (χ0v) is 43.7. The molecule has 22 atom stereocenters. The molecule has 68 heavy (non-hydrogen) atoms. The van der Waals surface area contributed by atoms with E-state index in [1.807, 2.05) is 44.9 Å². The van der Waals surface area contributed by atoms with Gasteiger partial charge in [-0.05, 0) is 95.9 Å². The summed E-state index contributed by atoms with van der Waals surface area (Å²) in [5, 5.41) is 47.0. The van der Waals surface area contributed by atoms with Gasteiger partial charge in [-0.15, -0.1) is 0 Å². The Bertz CT molecular complexity index is 1700. The topological polar surface area (TPSA) is 239 Å². The van der Waals surface area contributed by atoms with Gasteiger partial charge in [0.25, 0.3) is 0 Å². The molecule has 19 nitrogen and oxygen atoms in total. The van der Waals surface area contributed by atoms with Gasteiger partial charge >= 0.3 is 17.9 Å². The molecule has 4 rings (SSSR count). The minimum Gasteiger partial charge on any atom is -0.459 e. The van der Waals surface area contributed by atoms with Gasteiger partial charge in [0.1, 0.15) is 23.6 Å². The zero-order valence-electron chi connectivity index (χ0n) is 43.7. The van der Waals surface area contributed by atoms with Crippen LogP contribution in [0, 0.1) is 23.7 Å². The molecule has 0 amide bonds. The van der Waals surface area contributed by atoms with Gasteiger partial charge in [0.05, 0.1) is 54.2 Å². The van der Waals surface area contributed by atoms with E-state index in [-0.39, 0.29) is 38.2 Å². The molecule has 0 aliphatic carbocycles. The van der Waals surface area contributed by atoms with E-state index in [0.717, 1.165) is 0 Å². The molecule has 0 spiro atoms. The summed E-state index contributed by atoms with van der Waals surface area (Å²) in [7, 11) is 7.38. The van der Waals surface area contributed by atoms with Gasteiger partial charge in [-0.25, -0.2) is 0 Å². The molecule has 0 saturated carbocycles. The van der Waals surface area contributed by atoms with Crippen molar-refractivity contribution in [1.29, 1.82) is 0 Å². The Labute approximate surface area is 404 Å². The second-order valence-corrected chi connectivity index (χ2v) is 21.3. The highest BCUT2D eigenvalue weighted by Gasteiger charge is 2.56. The van der Waals surface area contributed by atoms with Crippen molar-refractivity contribution >= 4 is 23.7 Å². The van der Waals surface area contributed by atoms with Crippen molar-refractivity contribution in [1.82, 2.24) is 9.80 Å². The number of esters is 3. The van der Waals surface area contributed by atoms with E-state index in [4.69, 9.17) is 42.6 Å². The molecule has 0 bridgehead atoms. The van der Waals surface area contributed by atoms with Crippen LogP contribution in [-0.4, -0.2) is 191 Å². The van der Waals surface area contributed by atoms with Crippen LogP contribution in [0.25, 0.3) is 0 Å². The number of aliphatic hydroxyl groups is 4. The Balaban J connectivity index is 1.99. The molecule has 394 valence electrons. The van der Waals surface area contributed by atoms with Gasteiger partial charge in [0, 0.05) is 56.0 Å². The highest BCUT2D eigenvalue weighted by Crippen LogP contribution is 2.44. The molecule has 4 fully saturated rings. The maximum Gasteiger partial charge on any atom is 0.311 e. The smallest absolute Gasteiger partial charge is 0.311 e. The maximum atomic E-state index is 14.7. The van der Waals surface area contributed by atoms with E-state index in [9.17, 15) is 39.6 Å². The predicted molar refractivity (Wildman–Crippen MR) is 246 cm³/mol. The lowest BCUT2D eigenvalue weighted by atomic mass is 9.73. The first-order valence-electron chi connectivity index (χ1n) is 24.6. The zero-order chi connectivity index (χ0) is 51.5. The van der Waals surface area contributed by atoms with Gasteiger partial charge in [-0.2, -0.15) is 0 Å². The number of cyclic esters (lactones) is 1. The van der Waals surface area contributed by atoms with Crippen molar-refractivity contribution in [3.05, 3.63) is 0 Å². The Kier molecular flexibility index (Phi) is 20.0. The van der Waals surface area contributed by atoms with E-state index in [2.05, 4.69) is 0 Å². The second-order valence-electron chi connectivity index (χ2n) is 21.3. The lowest BCUT2D eigenvalue weighted by molar-refractivity contribution is -0.340. The monoisotopic (exact) mass is 975 g/mol. The summed E-state index contributed by atoms with van der Waals surface area (Å²) >= 11 is 0. The standard InChI is InChI=1S/C49H86N2O17/c1-18-34-49(13,59)42(57)26(5)38(54)24(3)22-47(11,68-36-21-33(51(16)17)39(55)29(8)61-36)43(66-46-40(56)32(50(14)15)20-25(4)60-46)27(6)41(28(7)45(58)63-34)65-37-23-48(12,67-31(10)52)44(30(9)62-37)64-35(53)19-2/h24-30,32-34,36-37,39-44,46,55-57,59H,18-23H2,1-17H3/t24-,25-,26+,27+,28-,29+,30+,32+,33-,34-,36+,37+,39+,40-,41+,42-,43-,44+,46+,47-,48-,49-/m1/s1. The third-order valence-corrected chi connectivity index (χ3v) is 15.0. The Morgan fingerprint density at radius 2 is 1.34 bits per heavy atom. The largest absolute Gasteiger partial charge is 0.459 e. The minimum atomic E-state index is -2.09. The molecule has 0 unspecified atom stereocenters. The van der Waals surface area contributed by atoms with Gasteiger partial charge in [0.2, 0.25) is 0 Å². The number of likely N-dealkylation sites (N-methyl/N-ethyl adjacent to an activating group) is 2. The number of aliphatic hydroxyl groups excluding tert-OH is 3. The van der Waals surface area contributed by atoms with Crippen LogP contribution in [0.3, 0.4) is 0 Å². The SMILES string of the molecule is CCC(=O)O[C@H]1[C@H](C)O[C@@H](O[C@H]2[C@H](C)[C@@H](O[C@@H]3O[C@H](C)C[C@H](N(C)C)[C@H]3O)[C@](C)(O[C@H]3C[C@@H](N(C)C)[C@@H](O)[C@H](C)O3)C[C@@H](C)C(=O)[C@H](C)[C@@H](O)[C@](C)(O)[C@@H](CC)OC(=O)[C@@H]2C)C[C@@]1(C)OC(C)=O. The summed E-state index contributed by atoms with van der Waals surface area (Å²) in [5.41, 5.74) is -5.14. The van der Waals surface area contributed by atoms with Crippen molar-refractivity contribution < 1.29 is 82.2 Å². The molecular formula is C49H86N2O17. The molecule has 19 heteroatoms. The third-order valence-electron chi connectivity index (χ3n) is 15.0. The summed E-state index contributed by atoms with van der Waals surface area (Å²) in [6.07, 6.45) is -13.3. The molecule has 4 N–H and O–H groups in total. The average Bonchev–Trinajstić information content (AvgIpc) is 3.24. The number of ether oxygens (including phenoxy) is 9. The highest BCUT2D eigenvalue weighted by molar-refractivity contribution is 5.83. The molecule has 4 heterocycles. The van der Waals surface area contributed by atoms with Gasteiger partial charge in [-0.1, -0.05) is 34.6 Å². The van der Waals surface area contributed by atoms with Crippen LogP contribution in [0.5, 0.6) is 0 Å². The van der Waals surface area contributed by atoms with E-state index < -0.39 is 150 Å². The fourth-order valence-electron chi connectivity index (χ4n) is 11.1. The number of ketones is 1. The van der Waals surface area contributed by atoms with Crippen molar-refractivity contribution in [2.75, 3.05) is 28.2 Å². The van der Waals surface area contributed by atoms with Crippen LogP contribution in [0.1, 0.15) is 129 Å². The average molecular weight is 975 g/mol. The summed E-state index contributed by atoms with van der Waals surface area (Å²) < 4.78 is 58.2. The van der Waals surface area contributed by atoms with Gasteiger partial charge in [0.15, 0.2) is 30.6 Å². The summed E-state index contributed by atoms with van der Waals surface area (Å²) in [6.45, 7) is 21.1. The molecule has 4 saturated heterocycles. The van der Waals surface area contributed by atoms with Gasteiger partial charge < -0.3 is 72.9 Å². The van der Waals surface area contributed by atoms with E-state index in [0.29, 0.717) is 6.42 Å². The number of nitrogens with zero attached hydrogens (tertiary/aromatic N) is 2. The van der Waals surface area contributed by atoms with Crippen LogP contribution >= 0.6 is 0 Å². The quantitative estimate of drug-likeness (QED) is 0.162. The number of hydrogen-bond acceptors (Lipinski definition) is 19. The minimum absolute atomic E-state index is 0.0567. The first-order chi connectivity index (χ1) is 31.4. The highest BCUT2D eigenvalue weighted by atomic mass is 16.7. The molecule has 0 aromatic heterocycles. The Morgan fingerprint density at radius 3 is 1.90 bits per heavy atom. The fourth-order valence-corrected chi connectivity index (χ4v) is 11.1. The van der Waals surface area contributed by atoms with E-state index >= 15 is 0 Å². The van der Waals surface area contributed by atoms with E-state index in [1.54, 1.807) is 62.3 Å². The normalized spacial score (nSPS) is 45.9. The number of carbonyl (C=O) groups is 4.